The van der Waals surface area contributed by atoms with Crippen LogP contribution in [-0.2, 0) is 11.3 Å². The zero-order chi connectivity index (χ0) is 17.1. The van der Waals surface area contributed by atoms with Gasteiger partial charge in [-0.15, -0.1) is 11.3 Å². The molecule has 0 saturated carbocycles. The fourth-order valence-electron chi connectivity index (χ4n) is 2.54. The summed E-state index contributed by atoms with van der Waals surface area (Å²) >= 11 is 1.55. The van der Waals surface area contributed by atoms with E-state index in [0.717, 1.165) is 16.3 Å². The van der Waals surface area contributed by atoms with Gasteiger partial charge in [-0.05, 0) is 31.0 Å². The van der Waals surface area contributed by atoms with Crippen LogP contribution in [0, 0.1) is 19.7 Å². The maximum absolute atomic E-state index is 13.6. The Bertz CT molecular complexity index is 734. The highest BCUT2D eigenvalue weighted by atomic mass is 32.1. The van der Waals surface area contributed by atoms with E-state index in [1.54, 1.807) is 29.2 Å². The van der Waals surface area contributed by atoms with Crippen LogP contribution in [0.3, 0.4) is 0 Å². The molecule has 1 aliphatic heterocycles. The number of amides is 2. The molecule has 3 rings (SSSR count). The third-order valence-corrected chi connectivity index (χ3v) is 5.00. The second-order valence-corrected chi connectivity index (χ2v) is 6.76. The summed E-state index contributed by atoms with van der Waals surface area (Å²) in [5, 5.41) is 5.71. The Hall–Kier alpha value is -1.99. The molecule has 1 aromatic heterocycles. The second kappa shape index (κ2) is 7.27. The van der Waals surface area contributed by atoms with Crippen molar-refractivity contribution < 1.29 is 13.9 Å². The minimum Gasteiger partial charge on any atom is -0.367 e. The van der Waals surface area contributed by atoms with E-state index in [4.69, 9.17) is 4.74 Å². The van der Waals surface area contributed by atoms with Gasteiger partial charge in [0, 0.05) is 24.2 Å². The van der Waals surface area contributed by atoms with Crippen molar-refractivity contribution in [3.8, 4) is 0 Å². The number of hydrogen-bond acceptors (Lipinski definition) is 4. The predicted octanol–water partition coefficient (Wildman–Crippen LogP) is 3.18. The number of rotatable bonds is 3. The Kier molecular flexibility index (Phi) is 5.11. The molecule has 0 bridgehead atoms. The van der Waals surface area contributed by atoms with Crippen LogP contribution >= 0.6 is 11.3 Å². The lowest BCUT2D eigenvalue weighted by molar-refractivity contribution is -0.0156. The number of aromatic nitrogens is 1. The van der Waals surface area contributed by atoms with Gasteiger partial charge in [0.05, 0.1) is 13.2 Å². The zero-order valence-corrected chi connectivity index (χ0v) is 14.5. The van der Waals surface area contributed by atoms with Crippen molar-refractivity contribution in [2.45, 2.75) is 26.5 Å². The highest BCUT2D eigenvalue weighted by molar-refractivity contribution is 7.09. The van der Waals surface area contributed by atoms with Gasteiger partial charge >= 0.3 is 6.03 Å². The van der Waals surface area contributed by atoms with Gasteiger partial charge in [-0.2, -0.15) is 0 Å². The van der Waals surface area contributed by atoms with Gasteiger partial charge < -0.3 is 15.0 Å². The lowest BCUT2D eigenvalue weighted by Gasteiger charge is -2.32. The monoisotopic (exact) mass is 349 g/mol. The maximum atomic E-state index is 13.6. The van der Waals surface area contributed by atoms with E-state index in [9.17, 15) is 9.18 Å². The Morgan fingerprint density at radius 2 is 2.33 bits per heavy atom. The van der Waals surface area contributed by atoms with E-state index >= 15 is 0 Å². The number of thiazole rings is 1. The first-order chi connectivity index (χ1) is 11.5. The highest BCUT2D eigenvalue weighted by Crippen LogP contribution is 2.25. The predicted molar refractivity (Wildman–Crippen MR) is 90.5 cm³/mol. The van der Waals surface area contributed by atoms with Crippen LogP contribution in [0.2, 0.25) is 0 Å². The third kappa shape index (κ3) is 3.91. The molecule has 1 atom stereocenters. The summed E-state index contributed by atoms with van der Waals surface area (Å²) in [5.74, 6) is -0.257. The van der Waals surface area contributed by atoms with Gasteiger partial charge in [0.1, 0.15) is 16.9 Å². The molecule has 1 N–H and O–H groups in total. The molecular formula is C17H20FN3O2S. The maximum Gasteiger partial charge on any atom is 0.317 e. The van der Waals surface area contributed by atoms with Gasteiger partial charge in [-0.25, -0.2) is 14.2 Å². The summed E-state index contributed by atoms with van der Waals surface area (Å²) in [7, 11) is 0. The Labute approximate surface area is 144 Å². The smallest absolute Gasteiger partial charge is 0.317 e. The number of nitrogens with zero attached hydrogens (tertiary/aromatic N) is 2. The number of carbonyl (C=O) groups excluding carboxylic acids is 1. The van der Waals surface area contributed by atoms with Crippen LogP contribution in [0.15, 0.2) is 23.6 Å². The van der Waals surface area contributed by atoms with Gasteiger partial charge in [0.15, 0.2) is 0 Å². The molecule has 0 spiro atoms. The molecule has 5 nitrogen and oxygen atoms in total. The van der Waals surface area contributed by atoms with Crippen molar-refractivity contribution in [2.75, 3.05) is 19.7 Å². The molecule has 2 aromatic rings. The van der Waals surface area contributed by atoms with E-state index in [0.29, 0.717) is 31.8 Å². The van der Waals surface area contributed by atoms with Gasteiger partial charge in [0.2, 0.25) is 0 Å². The average Bonchev–Trinajstić information content (AvgIpc) is 3.02. The number of benzene rings is 1. The molecule has 1 aromatic carbocycles. The first kappa shape index (κ1) is 16.9. The standard InChI is InChI=1S/C17H20FN3O2S/c1-11-3-4-13(7-14(11)18)8-19-17(22)21-5-6-23-15(9-21)16-20-12(2)10-24-16/h3-4,7,10,15H,5-6,8-9H2,1-2H3,(H,19,22). The van der Waals surface area contributed by atoms with E-state index in [1.807, 2.05) is 18.4 Å². The lowest BCUT2D eigenvalue weighted by Crippen LogP contribution is -2.46. The van der Waals surface area contributed by atoms with Crippen LogP contribution in [0.25, 0.3) is 0 Å². The summed E-state index contributed by atoms with van der Waals surface area (Å²) in [4.78, 5) is 18.5. The number of halogens is 1. The van der Waals surface area contributed by atoms with Crippen molar-refractivity contribution in [1.82, 2.24) is 15.2 Å². The average molecular weight is 349 g/mol. The molecule has 128 valence electrons. The van der Waals surface area contributed by atoms with Crippen LogP contribution in [0.4, 0.5) is 9.18 Å². The first-order valence-electron chi connectivity index (χ1n) is 7.84. The number of urea groups is 1. The summed E-state index contributed by atoms with van der Waals surface area (Å²) in [6.07, 6.45) is -0.181. The SMILES string of the molecule is Cc1csc(C2CN(C(=O)NCc3ccc(C)c(F)c3)CCO2)n1. The van der Waals surface area contributed by atoms with Crippen molar-refractivity contribution in [3.05, 3.63) is 51.2 Å². The van der Waals surface area contributed by atoms with Crippen LogP contribution in [0.1, 0.15) is 27.9 Å². The number of hydrogen-bond donors (Lipinski definition) is 1. The summed E-state index contributed by atoms with van der Waals surface area (Å²) in [6, 6.07) is 4.82. The lowest BCUT2D eigenvalue weighted by atomic mass is 10.1. The molecule has 1 unspecified atom stereocenters. The van der Waals surface area contributed by atoms with E-state index in [1.165, 1.54) is 6.07 Å². The van der Waals surface area contributed by atoms with Crippen LogP contribution < -0.4 is 5.32 Å². The molecular weight excluding hydrogens is 329 g/mol. The summed E-state index contributed by atoms with van der Waals surface area (Å²) < 4.78 is 19.3. The Morgan fingerprint density at radius 1 is 1.50 bits per heavy atom. The number of nitrogens with one attached hydrogen (secondary N) is 1. The van der Waals surface area contributed by atoms with E-state index in [2.05, 4.69) is 10.3 Å². The van der Waals surface area contributed by atoms with Gasteiger partial charge in [0.25, 0.3) is 0 Å². The van der Waals surface area contributed by atoms with Crippen molar-refractivity contribution in [1.29, 1.82) is 0 Å². The fraction of sp³-hybridized carbons (Fsp3) is 0.412. The first-order valence-corrected chi connectivity index (χ1v) is 8.72. The minimum absolute atomic E-state index is 0.169. The molecule has 0 radical (unpaired) electrons. The summed E-state index contributed by atoms with van der Waals surface area (Å²) in [5.41, 5.74) is 2.30. The molecule has 2 amide bonds. The number of morpholine rings is 1. The molecule has 2 heterocycles. The van der Waals surface area contributed by atoms with Crippen LogP contribution in [0.5, 0.6) is 0 Å². The number of ether oxygens (including phenoxy) is 1. The number of carbonyl (C=O) groups is 1. The topological polar surface area (TPSA) is 54.5 Å². The molecule has 1 aliphatic rings. The Balaban J connectivity index is 1.57. The van der Waals surface area contributed by atoms with Crippen molar-refractivity contribution >= 4 is 17.4 Å². The molecule has 1 saturated heterocycles. The highest BCUT2D eigenvalue weighted by Gasteiger charge is 2.27. The second-order valence-electron chi connectivity index (χ2n) is 5.87. The minimum atomic E-state index is -0.257. The van der Waals surface area contributed by atoms with E-state index in [-0.39, 0.29) is 18.0 Å². The largest absolute Gasteiger partial charge is 0.367 e. The molecule has 24 heavy (non-hydrogen) atoms. The quantitative estimate of drug-likeness (QED) is 0.926. The molecule has 0 aliphatic carbocycles. The number of aryl methyl sites for hydroxylation is 2. The van der Waals surface area contributed by atoms with Gasteiger partial charge in [-0.3, -0.25) is 0 Å². The van der Waals surface area contributed by atoms with Crippen molar-refractivity contribution in [2.24, 2.45) is 0 Å². The Morgan fingerprint density at radius 3 is 3.04 bits per heavy atom. The van der Waals surface area contributed by atoms with Gasteiger partial charge in [-0.1, -0.05) is 12.1 Å². The fourth-order valence-corrected chi connectivity index (χ4v) is 3.37. The normalized spacial score (nSPS) is 17.8. The van der Waals surface area contributed by atoms with Crippen molar-refractivity contribution in [3.63, 3.8) is 0 Å². The molecule has 7 heteroatoms. The zero-order valence-electron chi connectivity index (χ0n) is 13.7. The van der Waals surface area contributed by atoms with Crippen LogP contribution in [-0.4, -0.2) is 35.6 Å². The molecule has 1 fully saturated rings. The third-order valence-electron chi connectivity index (χ3n) is 3.95. The van der Waals surface area contributed by atoms with E-state index < -0.39 is 0 Å². The summed E-state index contributed by atoms with van der Waals surface area (Å²) in [6.45, 7) is 5.44.